The summed E-state index contributed by atoms with van der Waals surface area (Å²) < 4.78 is 0. The number of carbonyl (C=O) groups is 3. The Balaban J connectivity index is 2.47. The average molecular weight is 264 g/mol. The van der Waals surface area contributed by atoms with E-state index in [0.29, 0.717) is 5.69 Å². The number of rotatable bonds is 4. The number of amides is 2. The molecule has 6 nitrogen and oxygen atoms in total. The summed E-state index contributed by atoms with van der Waals surface area (Å²) in [5.41, 5.74) is 1.55. The van der Waals surface area contributed by atoms with Gasteiger partial charge in [-0.05, 0) is 19.1 Å². The van der Waals surface area contributed by atoms with E-state index in [9.17, 15) is 14.4 Å². The second-order valence-corrected chi connectivity index (χ2v) is 4.27. The maximum atomic E-state index is 11.5. The van der Waals surface area contributed by atoms with Gasteiger partial charge in [0.15, 0.2) is 0 Å². The minimum Gasteiger partial charge on any atom is -0.481 e. The van der Waals surface area contributed by atoms with Gasteiger partial charge in [0.05, 0.1) is 5.92 Å². The van der Waals surface area contributed by atoms with Crippen LogP contribution in [0.3, 0.4) is 0 Å². The molecule has 6 heteroatoms. The van der Waals surface area contributed by atoms with Gasteiger partial charge in [0.25, 0.3) is 0 Å². The highest BCUT2D eigenvalue weighted by Crippen LogP contribution is 2.08. The molecule has 0 heterocycles. The molecule has 1 aromatic rings. The van der Waals surface area contributed by atoms with E-state index in [1.807, 2.05) is 6.92 Å². The maximum Gasteiger partial charge on any atom is 0.313 e. The van der Waals surface area contributed by atoms with Gasteiger partial charge < -0.3 is 15.7 Å². The summed E-state index contributed by atoms with van der Waals surface area (Å²) in [4.78, 5) is 33.5. The number of benzene rings is 1. The number of carbonyl (C=O) groups excluding carboxylic acids is 2. The Kier molecular flexibility index (Phi) is 5.05. The van der Waals surface area contributed by atoms with Crippen molar-refractivity contribution in [2.75, 3.05) is 11.9 Å². The van der Waals surface area contributed by atoms with Crippen LogP contribution in [0, 0.1) is 12.8 Å². The minimum atomic E-state index is -1.03. The van der Waals surface area contributed by atoms with E-state index in [0.717, 1.165) is 5.56 Å². The summed E-state index contributed by atoms with van der Waals surface area (Å²) in [7, 11) is 0. The van der Waals surface area contributed by atoms with Crippen LogP contribution in [0.4, 0.5) is 5.69 Å². The van der Waals surface area contributed by atoms with E-state index in [2.05, 4.69) is 10.6 Å². The lowest BCUT2D eigenvalue weighted by atomic mass is 10.2. The Hall–Kier alpha value is -2.37. The van der Waals surface area contributed by atoms with Gasteiger partial charge in [0, 0.05) is 12.2 Å². The van der Waals surface area contributed by atoms with Gasteiger partial charge in [-0.1, -0.05) is 24.6 Å². The third kappa shape index (κ3) is 4.79. The van der Waals surface area contributed by atoms with Crippen LogP contribution in [0.25, 0.3) is 0 Å². The summed E-state index contributed by atoms with van der Waals surface area (Å²) >= 11 is 0. The van der Waals surface area contributed by atoms with Crippen LogP contribution in [0.15, 0.2) is 24.3 Å². The van der Waals surface area contributed by atoms with E-state index >= 15 is 0 Å². The SMILES string of the molecule is Cc1ccc(NC(=O)C(=O)NCC(C)C(=O)O)cc1. The number of anilines is 1. The van der Waals surface area contributed by atoms with Crippen molar-refractivity contribution in [3.05, 3.63) is 29.8 Å². The zero-order chi connectivity index (χ0) is 14.4. The molecular weight excluding hydrogens is 248 g/mol. The number of hydrogen-bond acceptors (Lipinski definition) is 3. The number of hydrogen-bond donors (Lipinski definition) is 3. The molecule has 1 aromatic carbocycles. The highest BCUT2D eigenvalue weighted by Gasteiger charge is 2.17. The van der Waals surface area contributed by atoms with Gasteiger partial charge >= 0.3 is 17.8 Å². The van der Waals surface area contributed by atoms with Crippen molar-refractivity contribution in [1.82, 2.24) is 5.32 Å². The molecule has 0 aliphatic rings. The molecule has 0 radical (unpaired) electrons. The molecule has 0 aromatic heterocycles. The molecule has 3 N–H and O–H groups in total. The van der Waals surface area contributed by atoms with E-state index in [4.69, 9.17) is 5.11 Å². The zero-order valence-corrected chi connectivity index (χ0v) is 10.8. The van der Waals surface area contributed by atoms with Gasteiger partial charge in [-0.25, -0.2) is 0 Å². The fraction of sp³-hybridized carbons (Fsp3) is 0.308. The fourth-order valence-electron chi connectivity index (χ4n) is 1.24. The molecule has 1 rings (SSSR count). The van der Waals surface area contributed by atoms with Crippen molar-refractivity contribution < 1.29 is 19.5 Å². The monoisotopic (exact) mass is 264 g/mol. The Morgan fingerprint density at radius 1 is 1.16 bits per heavy atom. The summed E-state index contributed by atoms with van der Waals surface area (Å²) in [6.07, 6.45) is 0. The van der Waals surface area contributed by atoms with Crippen LogP contribution < -0.4 is 10.6 Å². The van der Waals surface area contributed by atoms with Crippen molar-refractivity contribution in [2.45, 2.75) is 13.8 Å². The standard InChI is InChI=1S/C13H16N2O4/c1-8-3-5-10(6-4-8)15-12(17)11(16)14-7-9(2)13(18)19/h3-6,9H,7H2,1-2H3,(H,14,16)(H,15,17)(H,18,19). The molecule has 1 unspecified atom stereocenters. The highest BCUT2D eigenvalue weighted by molar-refractivity contribution is 6.39. The van der Waals surface area contributed by atoms with Gasteiger partial charge in [-0.3, -0.25) is 14.4 Å². The lowest BCUT2D eigenvalue weighted by molar-refractivity contribution is -0.141. The molecule has 0 spiro atoms. The van der Waals surface area contributed by atoms with Gasteiger partial charge in [0.2, 0.25) is 0 Å². The summed E-state index contributed by atoms with van der Waals surface area (Å²) in [6, 6.07) is 6.97. The predicted octanol–water partition coefficient (Wildman–Crippen LogP) is 0.770. The van der Waals surface area contributed by atoms with Crippen LogP contribution in [-0.2, 0) is 14.4 Å². The lowest BCUT2D eigenvalue weighted by Gasteiger charge is -2.08. The van der Waals surface area contributed by atoms with Crippen molar-refractivity contribution in [3.8, 4) is 0 Å². The molecule has 0 aliphatic carbocycles. The summed E-state index contributed by atoms with van der Waals surface area (Å²) in [5, 5.41) is 13.3. The number of aryl methyl sites for hydroxylation is 1. The summed E-state index contributed by atoms with van der Waals surface area (Å²) in [6.45, 7) is 3.27. The number of carboxylic acids is 1. The van der Waals surface area contributed by atoms with Crippen LogP contribution in [-0.4, -0.2) is 29.4 Å². The van der Waals surface area contributed by atoms with Crippen molar-refractivity contribution in [2.24, 2.45) is 5.92 Å². The first-order valence-electron chi connectivity index (χ1n) is 5.79. The zero-order valence-electron chi connectivity index (χ0n) is 10.8. The van der Waals surface area contributed by atoms with E-state index < -0.39 is 23.7 Å². The average Bonchev–Trinajstić information content (AvgIpc) is 2.37. The molecular formula is C13H16N2O4. The Bertz CT molecular complexity index is 482. The third-order valence-electron chi connectivity index (χ3n) is 2.51. The van der Waals surface area contributed by atoms with Crippen LogP contribution in [0.5, 0.6) is 0 Å². The van der Waals surface area contributed by atoms with Crippen LogP contribution >= 0.6 is 0 Å². The number of aliphatic carboxylic acids is 1. The Morgan fingerprint density at radius 3 is 2.26 bits per heavy atom. The molecule has 0 saturated heterocycles. The lowest BCUT2D eigenvalue weighted by Crippen LogP contribution is -2.39. The predicted molar refractivity (Wildman–Crippen MR) is 69.6 cm³/mol. The van der Waals surface area contributed by atoms with Crippen LogP contribution in [0.1, 0.15) is 12.5 Å². The fourth-order valence-corrected chi connectivity index (χ4v) is 1.24. The molecule has 1 atom stereocenters. The molecule has 0 saturated carbocycles. The van der Waals surface area contributed by atoms with E-state index in [-0.39, 0.29) is 6.54 Å². The third-order valence-corrected chi connectivity index (χ3v) is 2.51. The molecule has 19 heavy (non-hydrogen) atoms. The number of nitrogens with one attached hydrogen (secondary N) is 2. The first kappa shape index (κ1) is 14.7. The molecule has 0 bridgehead atoms. The topological polar surface area (TPSA) is 95.5 Å². The van der Waals surface area contributed by atoms with Crippen LogP contribution in [0.2, 0.25) is 0 Å². The molecule has 0 aliphatic heterocycles. The van der Waals surface area contributed by atoms with Crippen molar-refractivity contribution in [1.29, 1.82) is 0 Å². The largest absolute Gasteiger partial charge is 0.481 e. The Morgan fingerprint density at radius 2 is 1.74 bits per heavy atom. The van der Waals surface area contributed by atoms with E-state index in [1.54, 1.807) is 24.3 Å². The summed E-state index contributed by atoms with van der Waals surface area (Å²) in [5.74, 6) is -3.44. The van der Waals surface area contributed by atoms with Gasteiger partial charge in [-0.2, -0.15) is 0 Å². The maximum absolute atomic E-state index is 11.5. The quantitative estimate of drug-likeness (QED) is 0.700. The van der Waals surface area contributed by atoms with Gasteiger partial charge in [0.1, 0.15) is 0 Å². The second-order valence-electron chi connectivity index (χ2n) is 4.27. The first-order valence-corrected chi connectivity index (χ1v) is 5.79. The molecule has 2 amide bonds. The minimum absolute atomic E-state index is 0.0878. The van der Waals surface area contributed by atoms with E-state index in [1.165, 1.54) is 6.92 Å². The highest BCUT2D eigenvalue weighted by atomic mass is 16.4. The normalized spacial score (nSPS) is 11.5. The Labute approximate surface area is 110 Å². The first-order chi connectivity index (χ1) is 8.90. The smallest absolute Gasteiger partial charge is 0.313 e. The molecule has 0 fully saturated rings. The van der Waals surface area contributed by atoms with Gasteiger partial charge in [-0.15, -0.1) is 0 Å². The van der Waals surface area contributed by atoms with Crippen molar-refractivity contribution >= 4 is 23.5 Å². The molecule has 102 valence electrons. The second kappa shape index (κ2) is 6.53. The van der Waals surface area contributed by atoms with Crippen molar-refractivity contribution in [3.63, 3.8) is 0 Å². The number of carboxylic acid groups (broad SMARTS) is 1.